The summed E-state index contributed by atoms with van der Waals surface area (Å²) in [6, 6.07) is 8.22. The van der Waals surface area contributed by atoms with E-state index in [2.05, 4.69) is 21.2 Å². The third-order valence-corrected chi connectivity index (χ3v) is 3.09. The summed E-state index contributed by atoms with van der Waals surface area (Å²) in [7, 11) is 0. The Morgan fingerprint density at radius 1 is 1.11 bits per heavy atom. The van der Waals surface area contributed by atoms with Crippen LogP contribution in [0.5, 0.6) is 0 Å². The van der Waals surface area contributed by atoms with Crippen LogP contribution in [0.1, 0.15) is 15.9 Å². The Labute approximate surface area is 117 Å². The molecule has 2 aromatic carbocycles. The van der Waals surface area contributed by atoms with Gasteiger partial charge in [-0.05, 0) is 48.9 Å². The zero-order chi connectivity index (χ0) is 14.0. The molecule has 5 heteroatoms. The molecule has 2 rings (SSSR count). The smallest absolute Gasteiger partial charge is 0.255 e. The standard InChI is InChI=1S/C14H10BrF2NO/c1-8-6-9(2-4-11(8)16)14(19)18-13-7-10(15)3-5-12(13)17/h2-7H,1H3,(H,18,19). The molecule has 0 atom stereocenters. The number of nitrogens with one attached hydrogen (secondary N) is 1. The molecule has 19 heavy (non-hydrogen) atoms. The topological polar surface area (TPSA) is 29.1 Å². The molecule has 0 saturated heterocycles. The summed E-state index contributed by atoms with van der Waals surface area (Å²) >= 11 is 3.20. The van der Waals surface area contributed by atoms with Gasteiger partial charge in [0.15, 0.2) is 0 Å². The van der Waals surface area contributed by atoms with Crippen molar-refractivity contribution in [2.24, 2.45) is 0 Å². The van der Waals surface area contributed by atoms with Gasteiger partial charge in [0.25, 0.3) is 5.91 Å². The van der Waals surface area contributed by atoms with Gasteiger partial charge in [-0.3, -0.25) is 4.79 Å². The molecule has 2 aromatic rings. The summed E-state index contributed by atoms with van der Waals surface area (Å²) < 4.78 is 27.3. The lowest BCUT2D eigenvalue weighted by Crippen LogP contribution is -2.13. The first kappa shape index (κ1) is 13.7. The highest BCUT2D eigenvalue weighted by Crippen LogP contribution is 2.21. The molecule has 2 nitrogen and oxygen atoms in total. The average molecular weight is 326 g/mol. The van der Waals surface area contributed by atoms with E-state index < -0.39 is 11.7 Å². The van der Waals surface area contributed by atoms with Gasteiger partial charge in [0, 0.05) is 10.0 Å². The van der Waals surface area contributed by atoms with Crippen LogP contribution in [0.2, 0.25) is 0 Å². The molecule has 0 saturated carbocycles. The fraction of sp³-hybridized carbons (Fsp3) is 0.0714. The first-order valence-electron chi connectivity index (χ1n) is 5.50. The molecule has 0 fully saturated rings. The molecule has 0 unspecified atom stereocenters. The van der Waals surface area contributed by atoms with Crippen molar-refractivity contribution in [1.29, 1.82) is 0 Å². The molecule has 1 N–H and O–H groups in total. The molecule has 0 spiro atoms. The van der Waals surface area contributed by atoms with E-state index in [4.69, 9.17) is 0 Å². The highest BCUT2D eigenvalue weighted by Gasteiger charge is 2.11. The SMILES string of the molecule is Cc1cc(C(=O)Nc2cc(Br)ccc2F)ccc1F. The van der Waals surface area contributed by atoms with Crippen molar-refractivity contribution in [2.45, 2.75) is 6.92 Å². The van der Waals surface area contributed by atoms with E-state index in [1.54, 1.807) is 6.92 Å². The van der Waals surface area contributed by atoms with E-state index in [1.165, 1.54) is 36.4 Å². The number of hydrogen-bond acceptors (Lipinski definition) is 1. The van der Waals surface area contributed by atoms with Crippen molar-refractivity contribution in [2.75, 3.05) is 5.32 Å². The highest BCUT2D eigenvalue weighted by atomic mass is 79.9. The lowest BCUT2D eigenvalue weighted by molar-refractivity contribution is 0.102. The molecule has 0 radical (unpaired) electrons. The number of aryl methyl sites for hydroxylation is 1. The van der Waals surface area contributed by atoms with Crippen LogP contribution in [-0.4, -0.2) is 5.91 Å². The first-order valence-corrected chi connectivity index (χ1v) is 6.29. The molecule has 0 aliphatic heterocycles. The maximum absolute atomic E-state index is 13.5. The third-order valence-electron chi connectivity index (χ3n) is 2.60. The van der Waals surface area contributed by atoms with Gasteiger partial charge in [-0.1, -0.05) is 15.9 Å². The fourth-order valence-corrected chi connectivity index (χ4v) is 1.93. The Morgan fingerprint density at radius 3 is 2.47 bits per heavy atom. The van der Waals surface area contributed by atoms with E-state index >= 15 is 0 Å². The van der Waals surface area contributed by atoms with Gasteiger partial charge in [0.05, 0.1) is 5.69 Å². The van der Waals surface area contributed by atoms with Crippen molar-refractivity contribution in [1.82, 2.24) is 0 Å². The van der Waals surface area contributed by atoms with Crippen LogP contribution in [0, 0.1) is 18.6 Å². The minimum absolute atomic E-state index is 0.0707. The Kier molecular flexibility index (Phi) is 3.95. The number of anilines is 1. The van der Waals surface area contributed by atoms with Crippen LogP contribution in [0.3, 0.4) is 0 Å². The summed E-state index contributed by atoms with van der Waals surface area (Å²) in [5.41, 5.74) is 0.710. The van der Waals surface area contributed by atoms with Crippen molar-refractivity contribution < 1.29 is 13.6 Å². The lowest BCUT2D eigenvalue weighted by Gasteiger charge is -2.07. The number of rotatable bonds is 2. The van der Waals surface area contributed by atoms with Crippen LogP contribution < -0.4 is 5.32 Å². The van der Waals surface area contributed by atoms with Gasteiger partial charge in [-0.25, -0.2) is 8.78 Å². The van der Waals surface area contributed by atoms with Crippen LogP contribution >= 0.6 is 15.9 Å². The molecule has 1 amide bonds. The summed E-state index contributed by atoms with van der Waals surface area (Å²) in [5, 5.41) is 2.45. The predicted octanol–water partition coefficient (Wildman–Crippen LogP) is 4.29. The van der Waals surface area contributed by atoms with E-state index in [-0.39, 0.29) is 17.1 Å². The van der Waals surface area contributed by atoms with Crippen LogP contribution in [0.15, 0.2) is 40.9 Å². The lowest BCUT2D eigenvalue weighted by atomic mass is 10.1. The first-order chi connectivity index (χ1) is 8.97. The van der Waals surface area contributed by atoms with Crippen molar-refractivity contribution in [3.63, 3.8) is 0 Å². The van der Waals surface area contributed by atoms with Crippen molar-refractivity contribution >= 4 is 27.5 Å². The monoisotopic (exact) mass is 325 g/mol. The Bertz CT molecular complexity index is 643. The third kappa shape index (κ3) is 3.17. The van der Waals surface area contributed by atoms with Crippen molar-refractivity contribution in [3.05, 3.63) is 63.6 Å². The van der Waals surface area contributed by atoms with Crippen molar-refractivity contribution in [3.8, 4) is 0 Å². The zero-order valence-corrected chi connectivity index (χ0v) is 11.6. The highest BCUT2D eigenvalue weighted by molar-refractivity contribution is 9.10. The number of benzene rings is 2. The quantitative estimate of drug-likeness (QED) is 0.876. The molecule has 0 bridgehead atoms. The number of amides is 1. The van der Waals surface area contributed by atoms with Crippen LogP contribution in [0.4, 0.5) is 14.5 Å². The summed E-state index contributed by atoms with van der Waals surface area (Å²) in [6.45, 7) is 1.56. The average Bonchev–Trinajstić information content (AvgIpc) is 2.37. The van der Waals surface area contributed by atoms with E-state index in [1.807, 2.05) is 0 Å². The number of carbonyl (C=O) groups is 1. The van der Waals surface area contributed by atoms with E-state index in [0.717, 1.165) is 0 Å². The van der Waals surface area contributed by atoms with Crippen LogP contribution in [-0.2, 0) is 0 Å². The molecular formula is C14H10BrF2NO. The second-order valence-electron chi connectivity index (χ2n) is 4.04. The number of halogens is 3. The largest absolute Gasteiger partial charge is 0.319 e. The second-order valence-corrected chi connectivity index (χ2v) is 4.96. The van der Waals surface area contributed by atoms with Gasteiger partial charge >= 0.3 is 0 Å². The normalized spacial score (nSPS) is 10.3. The Morgan fingerprint density at radius 2 is 1.79 bits per heavy atom. The maximum atomic E-state index is 13.5. The molecule has 98 valence electrons. The second kappa shape index (κ2) is 5.48. The van der Waals surface area contributed by atoms with Gasteiger partial charge in [0.1, 0.15) is 11.6 Å². The van der Waals surface area contributed by atoms with Gasteiger partial charge in [0.2, 0.25) is 0 Å². The predicted molar refractivity (Wildman–Crippen MR) is 73.2 cm³/mol. The maximum Gasteiger partial charge on any atom is 0.255 e. The molecule has 0 aliphatic rings. The Hall–Kier alpha value is -1.75. The molecule has 0 aliphatic carbocycles. The summed E-state index contributed by atoms with van der Waals surface area (Å²) in [5.74, 6) is -1.40. The van der Waals surface area contributed by atoms with Gasteiger partial charge in [-0.15, -0.1) is 0 Å². The molecule has 0 aromatic heterocycles. The van der Waals surface area contributed by atoms with Gasteiger partial charge in [-0.2, -0.15) is 0 Å². The minimum Gasteiger partial charge on any atom is -0.319 e. The number of hydrogen-bond donors (Lipinski definition) is 1. The Balaban J connectivity index is 2.25. The van der Waals surface area contributed by atoms with E-state index in [0.29, 0.717) is 10.0 Å². The van der Waals surface area contributed by atoms with Gasteiger partial charge < -0.3 is 5.32 Å². The van der Waals surface area contributed by atoms with E-state index in [9.17, 15) is 13.6 Å². The fourth-order valence-electron chi connectivity index (χ4n) is 1.57. The molecule has 0 heterocycles. The zero-order valence-electron chi connectivity index (χ0n) is 10.0. The summed E-state index contributed by atoms with van der Waals surface area (Å²) in [6.07, 6.45) is 0. The molecular weight excluding hydrogens is 316 g/mol. The van der Waals surface area contributed by atoms with Crippen LogP contribution in [0.25, 0.3) is 0 Å². The number of carbonyl (C=O) groups excluding carboxylic acids is 1. The summed E-state index contributed by atoms with van der Waals surface area (Å²) in [4.78, 5) is 11.9. The minimum atomic E-state index is -0.532.